The van der Waals surface area contributed by atoms with Gasteiger partial charge < -0.3 is 0 Å². The summed E-state index contributed by atoms with van der Waals surface area (Å²) < 4.78 is 30.6. The Labute approximate surface area is 138 Å². The van der Waals surface area contributed by atoms with Gasteiger partial charge in [-0.1, -0.05) is 0 Å². The number of aromatic nitrogens is 1. The standard InChI is InChI=1S/C17H17NO4Se/c1-20-14-8-11(9-15(21-2)17(14)22-3)23(19)16-10-18-13-7-5-4-6-12(13)16/h4-10,18H,1-3H3. The molecule has 1 atom stereocenters. The summed E-state index contributed by atoms with van der Waals surface area (Å²) in [5, 5.41) is 0.973. The van der Waals surface area contributed by atoms with E-state index >= 15 is 0 Å². The molecule has 3 rings (SSSR count). The molecule has 23 heavy (non-hydrogen) atoms. The summed E-state index contributed by atoms with van der Waals surface area (Å²) in [5.41, 5.74) is 0.972. The van der Waals surface area contributed by atoms with Crippen molar-refractivity contribution in [3.8, 4) is 17.2 Å². The zero-order valence-electron chi connectivity index (χ0n) is 13.1. The number of H-pyrrole nitrogens is 1. The Balaban J connectivity index is 2.12. The Hall–Kier alpha value is -2.30. The second kappa shape index (κ2) is 6.44. The van der Waals surface area contributed by atoms with Crippen LogP contribution in [0.4, 0.5) is 0 Å². The van der Waals surface area contributed by atoms with E-state index in [1.54, 1.807) is 33.5 Å². The average Bonchev–Trinajstić information content (AvgIpc) is 3.03. The third-order valence-electron chi connectivity index (χ3n) is 3.60. The van der Waals surface area contributed by atoms with E-state index in [0.717, 1.165) is 15.4 Å². The number of hydrogen-bond acceptors (Lipinski definition) is 4. The van der Waals surface area contributed by atoms with Crippen LogP contribution in [0.3, 0.4) is 0 Å². The third-order valence-corrected chi connectivity index (χ3v) is 6.54. The van der Waals surface area contributed by atoms with Crippen LogP contribution in [0.25, 0.3) is 10.9 Å². The van der Waals surface area contributed by atoms with Crippen LogP contribution in [0.1, 0.15) is 0 Å². The maximum atomic E-state index is 13.1. The topological polar surface area (TPSA) is 60.6 Å². The molecule has 1 N–H and O–H groups in total. The minimum atomic E-state index is -2.47. The molecular formula is C17H17NO4Se. The monoisotopic (exact) mass is 379 g/mol. The Bertz CT molecular complexity index is 847. The molecule has 1 unspecified atom stereocenters. The van der Waals surface area contributed by atoms with E-state index in [4.69, 9.17) is 14.2 Å². The van der Waals surface area contributed by atoms with Crippen LogP contribution < -0.4 is 23.1 Å². The van der Waals surface area contributed by atoms with Gasteiger partial charge in [0.05, 0.1) is 0 Å². The molecular weight excluding hydrogens is 361 g/mol. The fourth-order valence-electron chi connectivity index (χ4n) is 2.49. The minimum absolute atomic E-state index is 0.497. The van der Waals surface area contributed by atoms with Crippen molar-refractivity contribution in [1.29, 1.82) is 0 Å². The Kier molecular flexibility index (Phi) is 4.37. The summed E-state index contributed by atoms with van der Waals surface area (Å²) >= 11 is -2.47. The third kappa shape index (κ3) is 2.71. The molecule has 0 fully saturated rings. The van der Waals surface area contributed by atoms with Crippen molar-refractivity contribution >= 4 is 33.7 Å². The van der Waals surface area contributed by atoms with Crippen LogP contribution in [0.15, 0.2) is 42.6 Å². The van der Waals surface area contributed by atoms with Crippen LogP contribution in [0, 0.1) is 0 Å². The van der Waals surface area contributed by atoms with Gasteiger partial charge in [-0.3, -0.25) is 0 Å². The first kappa shape index (κ1) is 15.6. The van der Waals surface area contributed by atoms with E-state index < -0.39 is 13.8 Å². The Morgan fingerprint density at radius 3 is 2.22 bits per heavy atom. The van der Waals surface area contributed by atoms with Crippen molar-refractivity contribution in [2.24, 2.45) is 0 Å². The first-order valence-corrected chi connectivity index (χ1v) is 9.38. The molecule has 1 aromatic heterocycles. The van der Waals surface area contributed by atoms with Crippen LogP contribution in [0.2, 0.25) is 0 Å². The van der Waals surface area contributed by atoms with E-state index in [1.165, 1.54) is 0 Å². The van der Waals surface area contributed by atoms with Crippen molar-refractivity contribution in [2.45, 2.75) is 0 Å². The Morgan fingerprint density at radius 1 is 0.957 bits per heavy atom. The maximum absolute atomic E-state index is 13.1. The molecule has 0 aliphatic heterocycles. The quantitative estimate of drug-likeness (QED) is 0.687. The summed E-state index contributed by atoms with van der Waals surface area (Å²) in [5.74, 6) is 1.51. The molecule has 3 aromatic rings. The van der Waals surface area contributed by atoms with Crippen molar-refractivity contribution < 1.29 is 18.0 Å². The summed E-state index contributed by atoms with van der Waals surface area (Å²) in [7, 11) is 4.64. The molecule has 0 radical (unpaired) electrons. The van der Waals surface area contributed by atoms with Crippen LogP contribution in [-0.2, 0) is 3.83 Å². The predicted molar refractivity (Wildman–Crippen MR) is 90.1 cm³/mol. The van der Waals surface area contributed by atoms with Gasteiger partial charge in [-0.2, -0.15) is 0 Å². The van der Waals surface area contributed by atoms with E-state index in [9.17, 15) is 3.83 Å². The van der Waals surface area contributed by atoms with Gasteiger partial charge in [0.25, 0.3) is 0 Å². The summed E-state index contributed by atoms with van der Waals surface area (Å²) in [6, 6.07) is 11.3. The number of ether oxygens (including phenoxy) is 3. The van der Waals surface area contributed by atoms with E-state index in [-0.39, 0.29) is 0 Å². The van der Waals surface area contributed by atoms with Crippen LogP contribution in [-0.4, -0.2) is 40.1 Å². The molecule has 5 nitrogen and oxygen atoms in total. The van der Waals surface area contributed by atoms with Crippen LogP contribution in [0.5, 0.6) is 17.2 Å². The molecule has 0 aliphatic carbocycles. The number of nitrogens with one attached hydrogen (secondary N) is 1. The van der Waals surface area contributed by atoms with Gasteiger partial charge in [-0.15, -0.1) is 0 Å². The number of fused-ring (bicyclic) bond motifs is 1. The molecule has 0 spiro atoms. The SMILES string of the molecule is COc1cc([Se](=O)c2c[nH]c3ccccc23)cc(OC)c1OC. The molecule has 0 saturated heterocycles. The van der Waals surface area contributed by atoms with Gasteiger partial charge in [-0.05, 0) is 0 Å². The predicted octanol–water partition coefficient (Wildman–Crippen LogP) is 1.73. The van der Waals surface area contributed by atoms with Crippen molar-refractivity contribution in [3.63, 3.8) is 0 Å². The summed E-state index contributed by atoms with van der Waals surface area (Å²) in [4.78, 5) is 3.16. The number of methoxy groups -OCH3 is 3. The molecule has 1 heterocycles. The van der Waals surface area contributed by atoms with Gasteiger partial charge in [0.2, 0.25) is 0 Å². The average molecular weight is 378 g/mol. The fraction of sp³-hybridized carbons (Fsp3) is 0.176. The zero-order chi connectivity index (χ0) is 16.4. The number of benzene rings is 2. The second-order valence-electron chi connectivity index (χ2n) is 4.83. The van der Waals surface area contributed by atoms with E-state index in [2.05, 4.69) is 4.98 Å². The summed E-state index contributed by atoms with van der Waals surface area (Å²) in [6.45, 7) is 0. The van der Waals surface area contributed by atoms with Crippen LogP contribution >= 0.6 is 0 Å². The molecule has 0 aliphatic rings. The van der Waals surface area contributed by atoms with Gasteiger partial charge >= 0.3 is 138 Å². The molecule has 0 bridgehead atoms. The van der Waals surface area contributed by atoms with Crippen molar-refractivity contribution in [1.82, 2.24) is 4.98 Å². The number of rotatable bonds is 5. The molecule has 2 aromatic carbocycles. The number of aromatic amines is 1. The van der Waals surface area contributed by atoms with Gasteiger partial charge in [-0.25, -0.2) is 0 Å². The number of para-hydroxylation sites is 1. The summed E-state index contributed by atoms with van der Waals surface area (Å²) in [6.07, 6.45) is 1.81. The molecule has 120 valence electrons. The fourth-order valence-corrected chi connectivity index (χ4v) is 5.06. The molecule has 6 heteroatoms. The normalized spacial score (nSPS) is 12.1. The van der Waals surface area contributed by atoms with Gasteiger partial charge in [0.15, 0.2) is 0 Å². The molecule has 0 saturated carbocycles. The van der Waals surface area contributed by atoms with Crippen molar-refractivity contribution in [3.05, 3.63) is 42.6 Å². The second-order valence-corrected chi connectivity index (χ2v) is 7.87. The first-order chi connectivity index (χ1) is 11.2. The number of hydrogen-bond donors (Lipinski definition) is 1. The molecule has 0 amide bonds. The van der Waals surface area contributed by atoms with Gasteiger partial charge in [0.1, 0.15) is 0 Å². The van der Waals surface area contributed by atoms with E-state index in [1.807, 2.05) is 30.5 Å². The van der Waals surface area contributed by atoms with Gasteiger partial charge in [0, 0.05) is 0 Å². The Morgan fingerprint density at radius 2 is 1.61 bits per heavy atom. The zero-order valence-corrected chi connectivity index (χ0v) is 14.8. The first-order valence-electron chi connectivity index (χ1n) is 6.97. The van der Waals surface area contributed by atoms with Crippen molar-refractivity contribution in [2.75, 3.05) is 21.3 Å². The van der Waals surface area contributed by atoms with E-state index in [0.29, 0.717) is 21.7 Å².